The molecule has 0 amide bonds. The van der Waals surface area contributed by atoms with Crippen molar-refractivity contribution in [3.05, 3.63) is 11.6 Å². The van der Waals surface area contributed by atoms with Crippen LogP contribution >= 0.6 is 0 Å². The molecule has 0 aromatic rings. The van der Waals surface area contributed by atoms with Gasteiger partial charge in [-0.05, 0) is 13.3 Å². The highest BCUT2D eigenvalue weighted by atomic mass is 16.5. The Kier molecular flexibility index (Phi) is 4.46. The third kappa shape index (κ3) is 3.30. The quantitative estimate of drug-likeness (QED) is 0.601. The minimum absolute atomic E-state index is 0.102. The van der Waals surface area contributed by atoms with Gasteiger partial charge >= 0.3 is 5.97 Å². The SMILES string of the molecule is C/C(=C\C(=O)O)C[C@@H]1OC[C@H](C)[C@@H](O)[C@H]1O. The minimum Gasteiger partial charge on any atom is -0.478 e. The molecule has 16 heavy (non-hydrogen) atoms. The van der Waals surface area contributed by atoms with E-state index in [1.807, 2.05) is 0 Å². The summed E-state index contributed by atoms with van der Waals surface area (Å²) in [6.45, 7) is 3.84. The lowest BCUT2D eigenvalue weighted by atomic mass is 9.91. The molecule has 4 atom stereocenters. The van der Waals surface area contributed by atoms with Crippen molar-refractivity contribution < 1.29 is 24.9 Å². The van der Waals surface area contributed by atoms with Gasteiger partial charge in [-0.15, -0.1) is 0 Å². The maximum Gasteiger partial charge on any atom is 0.328 e. The van der Waals surface area contributed by atoms with Crippen LogP contribution in [0.4, 0.5) is 0 Å². The Hall–Kier alpha value is -0.910. The van der Waals surface area contributed by atoms with Gasteiger partial charge in [0.15, 0.2) is 0 Å². The predicted octanol–water partition coefficient (Wildman–Crippen LogP) is 0.164. The molecule has 1 saturated heterocycles. The number of ether oxygens (including phenoxy) is 1. The Morgan fingerprint density at radius 1 is 1.44 bits per heavy atom. The fraction of sp³-hybridized carbons (Fsp3) is 0.727. The van der Waals surface area contributed by atoms with E-state index in [1.54, 1.807) is 13.8 Å². The first-order chi connectivity index (χ1) is 7.41. The summed E-state index contributed by atoms with van der Waals surface area (Å²) in [5.74, 6) is -1.12. The fourth-order valence-corrected chi connectivity index (χ4v) is 1.80. The average molecular weight is 230 g/mol. The number of hydrogen-bond donors (Lipinski definition) is 3. The Labute approximate surface area is 94.4 Å². The molecule has 1 rings (SSSR count). The van der Waals surface area contributed by atoms with Crippen LogP contribution in [-0.4, -0.2) is 46.2 Å². The van der Waals surface area contributed by atoms with Gasteiger partial charge in [0.05, 0.1) is 18.8 Å². The van der Waals surface area contributed by atoms with Crippen molar-refractivity contribution in [3.63, 3.8) is 0 Å². The number of carboxylic acids is 1. The van der Waals surface area contributed by atoms with Crippen LogP contribution in [-0.2, 0) is 9.53 Å². The number of hydrogen-bond acceptors (Lipinski definition) is 4. The summed E-state index contributed by atoms with van der Waals surface area (Å²) in [4.78, 5) is 10.4. The fourth-order valence-electron chi connectivity index (χ4n) is 1.80. The summed E-state index contributed by atoms with van der Waals surface area (Å²) in [5.41, 5.74) is 0.610. The molecule has 0 unspecified atom stereocenters. The molecule has 0 aliphatic carbocycles. The second-order valence-electron chi connectivity index (χ2n) is 4.36. The lowest BCUT2D eigenvalue weighted by Crippen LogP contribution is -2.49. The largest absolute Gasteiger partial charge is 0.478 e. The lowest BCUT2D eigenvalue weighted by Gasteiger charge is -2.36. The molecular formula is C11H18O5. The van der Waals surface area contributed by atoms with Gasteiger partial charge in [0.25, 0.3) is 0 Å². The van der Waals surface area contributed by atoms with Crippen molar-refractivity contribution in [2.24, 2.45) is 5.92 Å². The molecule has 1 fully saturated rings. The van der Waals surface area contributed by atoms with Crippen LogP contribution in [0, 0.1) is 5.92 Å². The second-order valence-corrected chi connectivity index (χ2v) is 4.36. The van der Waals surface area contributed by atoms with E-state index in [4.69, 9.17) is 9.84 Å². The molecular weight excluding hydrogens is 212 g/mol. The Bertz CT molecular complexity index is 286. The van der Waals surface area contributed by atoms with Crippen molar-refractivity contribution in [1.29, 1.82) is 0 Å². The van der Waals surface area contributed by atoms with E-state index >= 15 is 0 Å². The minimum atomic E-state index is -1.02. The van der Waals surface area contributed by atoms with E-state index in [0.717, 1.165) is 6.08 Å². The first kappa shape index (κ1) is 13.2. The molecule has 0 radical (unpaired) electrons. The maximum absolute atomic E-state index is 10.4. The summed E-state index contributed by atoms with van der Waals surface area (Å²) < 4.78 is 5.38. The predicted molar refractivity (Wildman–Crippen MR) is 56.9 cm³/mol. The zero-order chi connectivity index (χ0) is 12.3. The lowest BCUT2D eigenvalue weighted by molar-refractivity contribution is -0.159. The summed E-state index contributed by atoms with van der Waals surface area (Å²) in [6, 6.07) is 0. The normalized spacial score (nSPS) is 36.1. The number of aliphatic carboxylic acids is 1. The van der Waals surface area contributed by atoms with Crippen LogP contribution in [0.25, 0.3) is 0 Å². The summed E-state index contributed by atoms with van der Waals surface area (Å²) in [6.07, 6.45) is -0.892. The van der Waals surface area contributed by atoms with Crippen LogP contribution in [0.1, 0.15) is 20.3 Å². The monoisotopic (exact) mass is 230 g/mol. The molecule has 0 spiro atoms. The van der Waals surface area contributed by atoms with E-state index < -0.39 is 24.3 Å². The molecule has 5 heteroatoms. The van der Waals surface area contributed by atoms with E-state index in [1.165, 1.54) is 0 Å². The highest BCUT2D eigenvalue weighted by molar-refractivity contribution is 5.80. The van der Waals surface area contributed by atoms with E-state index in [9.17, 15) is 15.0 Å². The van der Waals surface area contributed by atoms with Gasteiger partial charge in [-0.1, -0.05) is 12.5 Å². The van der Waals surface area contributed by atoms with Crippen LogP contribution in [0.3, 0.4) is 0 Å². The summed E-state index contributed by atoms with van der Waals surface area (Å²) in [5, 5.41) is 27.9. The van der Waals surface area contributed by atoms with E-state index in [0.29, 0.717) is 18.6 Å². The number of aliphatic hydroxyl groups is 2. The molecule has 92 valence electrons. The third-order valence-electron chi connectivity index (χ3n) is 2.78. The van der Waals surface area contributed by atoms with Gasteiger partial charge in [-0.3, -0.25) is 0 Å². The number of carboxylic acid groups (broad SMARTS) is 1. The van der Waals surface area contributed by atoms with Gasteiger partial charge in [0.1, 0.15) is 6.10 Å². The van der Waals surface area contributed by atoms with Gasteiger partial charge in [-0.2, -0.15) is 0 Å². The van der Waals surface area contributed by atoms with Crippen molar-refractivity contribution in [1.82, 2.24) is 0 Å². The molecule has 0 aromatic carbocycles. The topological polar surface area (TPSA) is 87.0 Å². The van der Waals surface area contributed by atoms with Gasteiger partial charge in [0, 0.05) is 12.0 Å². The molecule has 1 aliphatic heterocycles. The molecule has 0 aromatic heterocycles. The van der Waals surface area contributed by atoms with Crippen molar-refractivity contribution in [3.8, 4) is 0 Å². The second kappa shape index (κ2) is 5.43. The van der Waals surface area contributed by atoms with Crippen molar-refractivity contribution in [2.45, 2.75) is 38.6 Å². The maximum atomic E-state index is 10.4. The third-order valence-corrected chi connectivity index (χ3v) is 2.78. The van der Waals surface area contributed by atoms with Gasteiger partial charge in [-0.25, -0.2) is 4.79 Å². The summed E-state index contributed by atoms with van der Waals surface area (Å²) >= 11 is 0. The Morgan fingerprint density at radius 2 is 2.06 bits per heavy atom. The first-order valence-electron chi connectivity index (χ1n) is 5.29. The average Bonchev–Trinajstić information content (AvgIpc) is 2.18. The Balaban J connectivity index is 2.58. The number of carbonyl (C=O) groups is 1. The van der Waals surface area contributed by atoms with Gasteiger partial charge < -0.3 is 20.1 Å². The molecule has 1 aliphatic rings. The van der Waals surface area contributed by atoms with E-state index in [-0.39, 0.29) is 5.92 Å². The smallest absolute Gasteiger partial charge is 0.328 e. The van der Waals surface area contributed by atoms with Crippen molar-refractivity contribution >= 4 is 5.97 Å². The zero-order valence-corrected chi connectivity index (χ0v) is 9.46. The van der Waals surface area contributed by atoms with Crippen LogP contribution in [0.5, 0.6) is 0 Å². The standard InChI is InChI=1S/C11H18O5/c1-6(4-9(12)13)3-8-11(15)10(14)7(2)5-16-8/h4,7-8,10-11,14-15H,3,5H2,1-2H3,(H,12,13)/b6-4+/t7-,8-,10+,11-/m0/s1. The molecule has 3 N–H and O–H groups in total. The molecule has 1 heterocycles. The number of aliphatic hydroxyl groups excluding tert-OH is 2. The van der Waals surface area contributed by atoms with Crippen LogP contribution < -0.4 is 0 Å². The highest BCUT2D eigenvalue weighted by Crippen LogP contribution is 2.24. The molecule has 0 saturated carbocycles. The molecule has 0 bridgehead atoms. The van der Waals surface area contributed by atoms with E-state index in [2.05, 4.69) is 0 Å². The first-order valence-corrected chi connectivity index (χ1v) is 5.29. The van der Waals surface area contributed by atoms with Crippen molar-refractivity contribution in [2.75, 3.05) is 6.61 Å². The zero-order valence-electron chi connectivity index (χ0n) is 9.46. The van der Waals surface area contributed by atoms with Gasteiger partial charge in [0.2, 0.25) is 0 Å². The van der Waals surface area contributed by atoms with Crippen LogP contribution in [0.2, 0.25) is 0 Å². The highest BCUT2D eigenvalue weighted by Gasteiger charge is 2.35. The summed E-state index contributed by atoms with van der Waals surface area (Å²) in [7, 11) is 0. The number of rotatable bonds is 3. The Morgan fingerprint density at radius 3 is 2.62 bits per heavy atom. The van der Waals surface area contributed by atoms with Crippen LogP contribution in [0.15, 0.2) is 11.6 Å². The molecule has 5 nitrogen and oxygen atoms in total.